The highest BCUT2D eigenvalue weighted by Gasteiger charge is 2.32. The summed E-state index contributed by atoms with van der Waals surface area (Å²) in [5.74, 6) is 0.110. The van der Waals surface area contributed by atoms with E-state index in [4.69, 9.17) is 21.7 Å². The SMILES string of the molecule is C=CCN1C(=O)/C(=C/c2ccc(OCc3ccc(I)cc3)c(OCC)c2)C(=O)NC1=S. The molecule has 1 saturated heterocycles. The molecule has 0 bridgehead atoms. The molecular weight excluding hydrogens is 527 g/mol. The van der Waals surface area contributed by atoms with Gasteiger partial charge in [-0.2, -0.15) is 0 Å². The normalized spacial score (nSPS) is 15.1. The lowest BCUT2D eigenvalue weighted by Crippen LogP contribution is -2.53. The number of nitrogens with one attached hydrogen (secondary N) is 1. The van der Waals surface area contributed by atoms with E-state index in [0.29, 0.717) is 30.3 Å². The van der Waals surface area contributed by atoms with E-state index in [2.05, 4.69) is 34.5 Å². The summed E-state index contributed by atoms with van der Waals surface area (Å²) in [5, 5.41) is 2.60. The molecule has 160 valence electrons. The van der Waals surface area contributed by atoms with Gasteiger partial charge in [-0.05, 0) is 83.2 Å². The number of nitrogens with zero attached hydrogens (tertiary/aromatic N) is 1. The number of thiocarbonyl (C=S) groups is 1. The Labute approximate surface area is 200 Å². The zero-order chi connectivity index (χ0) is 22.4. The van der Waals surface area contributed by atoms with Crippen LogP contribution in [0.25, 0.3) is 6.08 Å². The van der Waals surface area contributed by atoms with Crippen LogP contribution in [0.5, 0.6) is 11.5 Å². The first-order valence-corrected chi connectivity index (χ1v) is 11.1. The zero-order valence-electron chi connectivity index (χ0n) is 16.9. The van der Waals surface area contributed by atoms with Gasteiger partial charge < -0.3 is 9.47 Å². The van der Waals surface area contributed by atoms with Crippen molar-refractivity contribution in [1.29, 1.82) is 0 Å². The lowest BCUT2D eigenvalue weighted by molar-refractivity contribution is -0.128. The van der Waals surface area contributed by atoms with Crippen molar-refractivity contribution < 1.29 is 19.1 Å². The lowest BCUT2D eigenvalue weighted by atomic mass is 10.1. The number of hydrogen-bond acceptors (Lipinski definition) is 5. The molecule has 0 aromatic heterocycles. The topological polar surface area (TPSA) is 67.9 Å². The van der Waals surface area contributed by atoms with E-state index in [0.717, 1.165) is 9.13 Å². The van der Waals surface area contributed by atoms with Gasteiger partial charge in [0.05, 0.1) is 6.61 Å². The predicted molar refractivity (Wildman–Crippen MR) is 132 cm³/mol. The summed E-state index contributed by atoms with van der Waals surface area (Å²) in [6.45, 7) is 6.55. The minimum absolute atomic E-state index is 0.00884. The molecule has 0 aliphatic carbocycles. The van der Waals surface area contributed by atoms with Crippen molar-refractivity contribution in [3.05, 3.63) is 75.4 Å². The molecule has 1 fully saturated rings. The number of amides is 2. The van der Waals surface area contributed by atoms with Crippen LogP contribution in [0.1, 0.15) is 18.1 Å². The molecule has 1 aliphatic heterocycles. The Morgan fingerprint density at radius 2 is 1.87 bits per heavy atom. The molecule has 6 nitrogen and oxygen atoms in total. The number of benzene rings is 2. The van der Waals surface area contributed by atoms with Gasteiger partial charge in [-0.25, -0.2) is 0 Å². The lowest BCUT2D eigenvalue weighted by Gasteiger charge is -2.27. The first kappa shape index (κ1) is 23.0. The van der Waals surface area contributed by atoms with Gasteiger partial charge in [0, 0.05) is 10.1 Å². The highest BCUT2D eigenvalue weighted by Crippen LogP contribution is 2.30. The summed E-state index contributed by atoms with van der Waals surface area (Å²) in [5.41, 5.74) is 1.66. The van der Waals surface area contributed by atoms with Crippen LogP contribution in [0.15, 0.2) is 60.7 Å². The smallest absolute Gasteiger partial charge is 0.265 e. The number of ether oxygens (including phenoxy) is 2. The summed E-state index contributed by atoms with van der Waals surface area (Å²) in [4.78, 5) is 26.3. The van der Waals surface area contributed by atoms with Crippen molar-refractivity contribution in [1.82, 2.24) is 10.2 Å². The molecule has 31 heavy (non-hydrogen) atoms. The van der Waals surface area contributed by atoms with Gasteiger partial charge >= 0.3 is 0 Å². The van der Waals surface area contributed by atoms with Gasteiger partial charge in [0.15, 0.2) is 16.6 Å². The third kappa shape index (κ3) is 5.71. The first-order chi connectivity index (χ1) is 14.9. The Bertz CT molecular complexity index is 1050. The molecule has 0 saturated carbocycles. The maximum atomic E-state index is 12.7. The van der Waals surface area contributed by atoms with Crippen LogP contribution in [-0.2, 0) is 16.2 Å². The largest absolute Gasteiger partial charge is 0.490 e. The summed E-state index contributed by atoms with van der Waals surface area (Å²) in [7, 11) is 0. The molecule has 0 atom stereocenters. The fraction of sp³-hybridized carbons (Fsp3) is 0.174. The minimum atomic E-state index is -0.535. The van der Waals surface area contributed by atoms with Gasteiger partial charge in [0.2, 0.25) is 0 Å². The van der Waals surface area contributed by atoms with Crippen LogP contribution in [0.3, 0.4) is 0 Å². The second-order valence-electron chi connectivity index (χ2n) is 6.58. The average Bonchev–Trinajstić information content (AvgIpc) is 2.75. The molecule has 2 amide bonds. The Kier molecular flexibility index (Phi) is 7.80. The number of halogens is 1. The first-order valence-electron chi connectivity index (χ1n) is 9.56. The molecule has 0 unspecified atom stereocenters. The Morgan fingerprint density at radius 3 is 2.55 bits per heavy atom. The van der Waals surface area contributed by atoms with E-state index in [9.17, 15) is 9.59 Å². The Balaban J connectivity index is 1.84. The third-order valence-corrected chi connectivity index (χ3v) is 5.43. The summed E-state index contributed by atoms with van der Waals surface area (Å²) in [6, 6.07) is 13.3. The maximum Gasteiger partial charge on any atom is 0.265 e. The van der Waals surface area contributed by atoms with E-state index in [1.54, 1.807) is 24.3 Å². The highest BCUT2D eigenvalue weighted by atomic mass is 127. The van der Waals surface area contributed by atoms with E-state index in [1.807, 2.05) is 31.2 Å². The molecule has 1 aliphatic rings. The molecule has 0 radical (unpaired) electrons. The van der Waals surface area contributed by atoms with Crippen LogP contribution in [0, 0.1) is 3.57 Å². The number of hydrogen-bond donors (Lipinski definition) is 1. The molecule has 1 N–H and O–H groups in total. The molecular formula is C23H21IN2O4S. The van der Waals surface area contributed by atoms with Gasteiger partial charge in [-0.3, -0.25) is 19.8 Å². The standard InChI is InChI=1S/C23H21IN2O4S/c1-3-11-26-22(28)18(21(27)25-23(26)31)12-16-7-10-19(20(13-16)29-4-2)30-14-15-5-8-17(24)9-6-15/h3,5-10,12-13H,1,4,11,14H2,2H3,(H,25,27,31)/b18-12+. The molecule has 0 spiro atoms. The van der Waals surface area contributed by atoms with Gasteiger partial charge in [0.1, 0.15) is 12.2 Å². The quantitative estimate of drug-likeness (QED) is 0.177. The molecule has 3 rings (SSSR count). The van der Waals surface area contributed by atoms with Crippen molar-refractivity contribution in [3.8, 4) is 11.5 Å². The van der Waals surface area contributed by atoms with Crippen LogP contribution in [-0.4, -0.2) is 35.0 Å². The van der Waals surface area contributed by atoms with E-state index in [-0.39, 0.29) is 17.2 Å². The average molecular weight is 548 g/mol. The van der Waals surface area contributed by atoms with Crippen LogP contribution in [0.4, 0.5) is 0 Å². The monoisotopic (exact) mass is 548 g/mol. The fourth-order valence-corrected chi connectivity index (χ4v) is 3.51. The molecule has 8 heteroatoms. The number of rotatable bonds is 8. The van der Waals surface area contributed by atoms with E-state index >= 15 is 0 Å². The van der Waals surface area contributed by atoms with Crippen molar-refractivity contribution in [3.63, 3.8) is 0 Å². The predicted octanol–water partition coefficient (Wildman–Crippen LogP) is 4.08. The van der Waals surface area contributed by atoms with Crippen molar-refractivity contribution in [2.45, 2.75) is 13.5 Å². The van der Waals surface area contributed by atoms with Gasteiger partial charge in [-0.15, -0.1) is 6.58 Å². The van der Waals surface area contributed by atoms with Gasteiger partial charge in [-0.1, -0.05) is 24.3 Å². The maximum absolute atomic E-state index is 12.7. The second kappa shape index (κ2) is 10.5. The molecule has 1 heterocycles. The van der Waals surface area contributed by atoms with E-state index < -0.39 is 11.8 Å². The fourth-order valence-electron chi connectivity index (χ4n) is 2.90. The Hall–Kier alpha value is -2.72. The zero-order valence-corrected chi connectivity index (χ0v) is 19.9. The van der Waals surface area contributed by atoms with Crippen LogP contribution < -0.4 is 14.8 Å². The minimum Gasteiger partial charge on any atom is -0.490 e. The summed E-state index contributed by atoms with van der Waals surface area (Å²) in [6.07, 6.45) is 3.06. The number of carbonyl (C=O) groups is 2. The molecule has 2 aromatic rings. The number of carbonyl (C=O) groups excluding carboxylic acids is 2. The van der Waals surface area contributed by atoms with Crippen molar-refractivity contribution in [2.75, 3.05) is 13.2 Å². The van der Waals surface area contributed by atoms with Crippen LogP contribution >= 0.6 is 34.8 Å². The second-order valence-corrected chi connectivity index (χ2v) is 8.21. The highest BCUT2D eigenvalue weighted by molar-refractivity contribution is 14.1. The summed E-state index contributed by atoms with van der Waals surface area (Å²) >= 11 is 7.33. The van der Waals surface area contributed by atoms with Gasteiger partial charge in [0.25, 0.3) is 11.8 Å². The summed E-state index contributed by atoms with van der Waals surface area (Å²) < 4.78 is 12.8. The Morgan fingerprint density at radius 1 is 1.13 bits per heavy atom. The van der Waals surface area contributed by atoms with Crippen molar-refractivity contribution in [2.24, 2.45) is 0 Å². The van der Waals surface area contributed by atoms with Crippen molar-refractivity contribution >= 4 is 57.8 Å². The molecule has 2 aromatic carbocycles. The van der Waals surface area contributed by atoms with E-state index in [1.165, 1.54) is 11.0 Å². The van der Waals surface area contributed by atoms with Crippen LogP contribution in [0.2, 0.25) is 0 Å². The third-order valence-electron chi connectivity index (χ3n) is 4.38.